The lowest BCUT2D eigenvalue weighted by Crippen LogP contribution is -2.41. The molecule has 0 heterocycles. The van der Waals surface area contributed by atoms with Gasteiger partial charge in [0.15, 0.2) is 0 Å². The summed E-state index contributed by atoms with van der Waals surface area (Å²) in [5, 5.41) is 6.81. The van der Waals surface area contributed by atoms with Gasteiger partial charge in [0.2, 0.25) is 0 Å². The minimum Gasteiger partial charge on any atom is -0.444 e. The summed E-state index contributed by atoms with van der Waals surface area (Å²) in [6.45, 7) is 8.05. The van der Waals surface area contributed by atoms with Crippen molar-refractivity contribution in [1.29, 1.82) is 0 Å². The Labute approximate surface area is 129 Å². The van der Waals surface area contributed by atoms with Gasteiger partial charge in [-0.25, -0.2) is 4.79 Å². The molecule has 4 nitrogen and oxygen atoms in total. The lowest BCUT2D eigenvalue weighted by molar-refractivity contribution is 0.0505. The molecule has 21 heavy (non-hydrogen) atoms. The van der Waals surface area contributed by atoms with Crippen LogP contribution in [0.2, 0.25) is 0 Å². The number of alkyl carbamates (subject to hydrolysis) is 1. The van der Waals surface area contributed by atoms with Crippen molar-refractivity contribution in [2.24, 2.45) is 5.92 Å². The molecule has 2 saturated carbocycles. The van der Waals surface area contributed by atoms with Gasteiger partial charge in [-0.2, -0.15) is 0 Å². The summed E-state index contributed by atoms with van der Waals surface area (Å²) in [6.07, 6.45) is 8.29. The molecule has 2 unspecified atom stereocenters. The van der Waals surface area contributed by atoms with Gasteiger partial charge in [-0.05, 0) is 71.6 Å². The predicted octanol–water partition coefficient (Wildman–Crippen LogP) is 3.60. The largest absolute Gasteiger partial charge is 0.444 e. The molecule has 0 aromatic rings. The van der Waals surface area contributed by atoms with Crippen LogP contribution in [0.3, 0.4) is 0 Å². The van der Waals surface area contributed by atoms with Crippen LogP contribution in [0.5, 0.6) is 0 Å². The molecule has 2 fully saturated rings. The Balaban J connectivity index is 1.67. The SMILES string of the molecule is CC1CCC(NC2CCC(NC(=O)OC(C)(C)C)C2)CC1. The van der Waals surface area contributed by atoms with Crippen LogP contribution >= 0.6 is 0 Å². The summed E-state index contributed by atoms with van der Waals surface area (Å²) in [5.41, 5.74) is -0.418. The zero-order chi connectivity index (χ0) is 15.5. The maximum Gasteiger partial charge on any atom is 0.407 e. The van der Waals surface area contributed by atoms with E-state index in [1.165, 1.54) is 25.7 Å². The second-order valence-electron chi connectivity index (χ2n) is 7.98. The Morgan fingerprint density at radius 3 is 2.14 bits per heavy atom. The molecular weight excluding hydrogens is 264 g/mol. The molecule has 0 aromatic carbocycles. The van der Waals surface area contributed by atoms with E-state index in [2.05, 4.69) is 17.6 Å². The minimum atomic E-state index is -0.418. The molecule has 0 radical (unpaired) electrons. The summed E-state index contributed by atoms with van der Waals surface area (Å²) in [7, 11) is 0. The molecule has 0 aromatic heterocycles. The zero-order valence-corrected chi connectivity index (χ0v) is 14.1. The van der Waals surface area contributed by atoms with Gasteiger partial charge in [-0.3, -0.25) is 0 Å². The normalized spacial score (nSPS) is 33.7. The standard InChI is InChI=1S/C17H32N2O2/c1-12-5-7-13(8-6-12)18-14-9-10-15(11-14)19-16(20)21-17(2,3)4/h12-15,18H,5-11H2,1-4H3,(H,19,20). The van der Waals surface area contributed by atoms with Gasteiger partial charge in [0.1, 0.15) is 5.60 Å². The Morgan fingerprint density at radius 1 is 0.952 bits per heavy atom. The molecular formula is C17H32N2O2. The zero-order valence-electron chi connectivity index (χ0n) is 14.1. The molecule has 1 amide bonds. The molecule has 2 aliphatic rings. The number of rotatable bonds is 3. The van der Waals surface area contributed by atoms with Crippen molar-refractivity contribution < 1.29 is 9.53 Å². The number of nitrogens with one attached hydrogen (secondary N) is 2. The van der Waals surface area contributed by atoms with Crippen LogP contribution in [-0.4, -0.2) is 29.8 Å². The van der Waals surface area contributed by atoms with E-state index in [1.54, 1.807) is 0 Å². The van der Waals surface area contributed by atoms with E-state index in [0.717, 1.165) is 25.2 Å². The highest BCUT2D eigenvalue weighted by Gasteiger charge is 2.29. The third kappa shape index (κ3) is 5.85. The topological polar surface area (TPSA) is 50.4 Å². The lowest BCUT2D eigenvalue weighted by Gasteiger charge is -2.29. The Kier molecular flexibility index (Phi) is 5.53. The molecule has 0 bridgehead atoms. The third-order valence-corrected chi connectivity index (χ3v) is 4.64. The van der Waals surface area contributed by atoms with Crippen molar-refractivity contribution in [2.75, 3.05) is 0 Å². The number of hydrogen-bond donors (Lipinski definition) is 2. The van der Waals surface area contributed by atoms with Gasteiger partial charge in [0.25, 0.3) is 0 Å². The van der Waals surface area contributed by atoms with Crippen LogP contribution in [0.15, 0.2) is 0 Å². The van der Waals surface area contributed by atoms with Crippen LogP contribution in [0.4, 0.5) is 4.79 Å². The number of hydrogen-bond acceptors (Lipinski definition) is 3. The van der Waals surface area contributed by atoms with Gasteiger partial charge < -0.3 is 15.4 Å². The first-order valence-electron chi connectivity index (χ1n) is 8.57. The average molecular weight is 296 g/mol. The van der Waals surface area contributed by atoms with Crippen LogP contribution in [0.1, 0.15) is 72.6 Å². The lowest BCUT2D eigenvalue weighted by atomic mass is 9.87. The fourth-order valence-corrected chi connectivity index (χ4v) is 3.50. The molecule has 122 valence electrons. The minimum absolute atomic E-state index is 0.264. The molecule has 2 atom stereocenters. The Hall–Kier alpha value is -0.770. The fraction of sp³-hybridized carbons (Fsp3) is 0.941. The quantitative estimate of drug-likeness (QED) is 0.836. The average Bonchev–Trinajstić information content (AvgIpc) is 2.77. The molecule has 0 spiro atoms. The van der Waals surface area contributed by atoms with Gasteiger partial charge in [0, 0.05) is 18.1 Å². The first kappa shape index (κ1) is 16.6. The highest BCUT2D eigenvalue weighted by atomic mass is 16.6. The molecule has 2 N–H and O–H groups in total. The summed E-state index contributed by atoms with van der Waals surface area (Å²) in [4.78, 5) is 11.8. The first-order valence-corrected chi connectivity index (χ1v) is 8.57. The summed E-state index contributed by atoms with van der Waals surface area (Å²) in [5.74, 6) is 0.896. The maximum atomic E-state index is 11.8. The summed E-state index contributed by atoms with van der Waals surface area (Å²) >= 11 is 0. The molecule has 0 saturated heterocycles. The van der Waals surface area contributed by atoms with Gasteiger partial charge in [-0.15, -0.1) is 0 Å². The third-order valence-electron chi connectivity index (χ3n) is 4.64. The van der Waals surface area contributed by atoms with E-state index in [-0.39, 0.29) is 12.1 Å². The highest BCUT2D eigenvalue weighted by molar-refractivity contribution is 5.68. The molecule has 2 rings (SSSR count). The number of ether oxygens (including phenoxy) is 1. The fourth-order valence-electron chi connectivity index (χ4n) is 3.50. The van der Waals surface area contributed by atoms with E-state index in [9.17, 15) is 4.79 Å². The van der Waals surface area contributed by atoms with Crippen LogP contribution < -0.4 is 10.6 Å². The molecule has 0 aliphatic heterocycles. The highest BCUT2D eigenvalue weighted by Crippen LogP contribution is 2.26. The van der Waals surface area contributed by atoms with Crippen molar-refractivity contribution in [3.8, 4) is 0 Å². The predicted molar refractivity (Wildman–Crippen MR) is 85.4 cm³/mol. The second-order valence-corrected chi connectivity index (χ2v) is 7.98. The second kappa shape index (κ2) is 6.99. The van der Waals surface area contributed by atoms with E-state index < -0.39 is 5.60 Å². The van der Waals surface area contributed by atoms with Crippen molar-refractivity contribution in [3.05, 3.63) is 0 Å². The van der Waals surface area contributed by atoms with Crippen molar-refractivity contribution in [1.82, 2.24) is 10.6 Å². The van der Waals surface area contributed by atoms with E-state index >= 15 is 0 Å². The van der Waals surface area contributed by atoms with Crippen molar-refractivity contribution in [2.45, 2.75) is 96.4 Å². The smallest absolute Gasteiger partial charge is 0.407 e. The van der Waals surface area contributed by atoms with Crippen molar-refractivity contribution in [3.63, 3.8) is 0 Å². The summed E-state index contributed by atoms with van der Waals surface area (Å²) in [6, 6.07) is 1.51. The number of carbonyl (C=O) groups excluding carboxylic acids is 1. The monoisotopic (exact) mass is 296 g/mol. The van der Waals surface area contributed by atoms with Gasteiger partial charge >= 0.3 is 6.09 Å². The Bertz CT molecular complexity index is 343. The maximum absolute atomic E-state index is 11.8. The molecule has 4 heteroatoms. The van der Waals surface area contributed by atoms with Crippen LogP contribution in [-0.2, 0) is 4.74 Å². The summed E-state index contributed by atoms with van der Waals surface area (Å²) < 4.78 is 5.33. The van der Waals surface area contributed by atoms with Crippen molar-refractivity contribution >= 4 is 6.09 Å². The number of carbonyl (C=O) groups is 1. The molecule has 2 aliphatic carbocycles. The van der Waals surface area contributed by atoms with Gasteiger partial charge in [-0.1, -0.05) is 6.92 Å². The van der Waals surface area contributed by atoms with Crippen LogP contribution in [0, 0.1) is 5.92 Å². The number of amides is 1. The Morgan fingerprint density at radius 2 is 1.52 bits per heavy atom. The first-order chi connectivity index (χ1) is 9.82. The van der Waals surface area contributed by atoms with E-state index in [4.69, 9.17) is 4.74 Å². The van der Waals surface area contributed by atoms with Gasteiger partial charge in [0.05, 0.1) is 0 Å². The van der Waals surface area contributed by atoms with E-state index in [1.807, 2.05) is 20.8 Å². The van der Waals surface area contributed by atoms with E-state index in [0.29, 0.717) is 12.1 Å². The van der Waals surface area contributed by atoms with Crippen LogP contribution in [0.25, 0.3) is 0 Å².